The lowest BCUT2D eigenvalue weighted by Crippen LogP contribution is -2.35. The Labute approximate surface area is 194 Å². The van der Waals surface area contributed by atoms with Gasteiger partial charge in [-0.1, -0.05) is 18.2 Å². The van der Waals surface area contributed by atoms with E-state index in [0.29, 0.717) is 22.6 Å². The zero-order valence-electron chi connectivity index (χ0n) is 16.6. The highest BCUT2D eigenvalue weighted by molar-refractivity contribution is 9.10. The van der Waals surface area contributed by atoms with Crippen LogP contribution in [0.3, 0.4) is 0 Å². The molecule has 1 atom stereocenters. The Balaban J connectivity index is 1.56. The molecule has 6 nitrogen and oxygen atoms in total. The third-order valence-electron chi connectivity index (χ3n) is 5.06. The molecule has 0 aliphatic heterocycles. The van der Waals surface area contributed by atoms with Crippen LogP contribution in [0.4, 0.5) is 8.78 Å². The van der Waals surface area contributed by atoms with Gasteiger partial charge in [-0.05, 0) is 58.6 Å². The van der Waals surface area contributed by atoms with Crippen LogP contribution in [0, 0.1) is 0 Å². The molecular formula is C21H18BrF2N2O4PS. The number of benzene rings is 2. The Bertz CT molecular complexity index is 1380. The fourth-order valence-corrected chi connectivity index (χ4v) is 6.41. The van der Waals surface area contributed by atoms with E-state index in [2.05, 4.69) is 21.2 Å². The Hall–Kier alpha value is -2.10. The van der Waals surface area contributed by atoms with Gasteiger partial charge in [0.15, 0.2) is 0 Å². The van der Waals surface area contributed by atoms with Crippen molar-refractivity contribution < 1.29 is 27.9 Å². The molecule has 1 unspecified atom stereocenters. The molecule has 0 aliphatic carbocycles. The number of fused-ring (bicyclic) bond motifs is 2. The van der Waals surface area contributed by atoms with Gasteiger partial charge in [0.05, 0.1) is 0 Å². The van der Waals surface area contributed by atoms with Gasteiger partial charge in [0.25, 0.3) is 5.91 Å². The standard InChI is InChI=1S/C21H18BrF2N2O4PS/c1-12(11-26-9-8-13-4-2-3-5-16(13)26)25-20(27)14-6-7-17-15(10-14)18(22)19(32-17)21(23,24)31(28,29)30/h2-10,12H,11H2,1H3,(H,25,27)(H2,28,29,30). The summed E-state index contributed by atoms with van der Waals surface area (Å²) >= 11 is 3.60. The Morgan fingerprint density at radius 2 is 1.97 bits per heavy atom. The van der Waals surface area contributed by atoms with Gasteiger partial charge in [-0.15, -0.1) is 11.3 Å². The molecule has 0 bridgehead atoms. The van der Waals surface area contributed by atoms with Crippen LogP contribution in [0.5, 0.6) is 0 Å². The van der Waals surface area contributed by atoms with E-state index in [4.69, 9.17) is 9.79 Å². The van der Waals surface area contributed by atoms with Gasteiger partial charge in [0.1, 0.15) is 4.88 Å². The molecule has 4 aromatic rings. The fourth-order valence-electron chi connectivity index (χ4n) is 3.48. The van der Waals surface area contributed by atoms with E-state index in [9.17, 15) is 18.1 Å². The van der Waals surface area contributed by atoms with E-state index >= 15 is 0 Å². The maximum absolute atomic E-state index is 14.2. The maximum atomic E-state index is 14.2. The van der Waals surface area contributed by atoms with Gasteiger partial charge < -0.3 is 19.7 Å². The van der Waals surface area contributed by atoms with E-state index in [1.807, 2.05) is 48.0 Å². The Kier molecular flexibility index (Phi) is 6.02. The third kappa shape index (κ3) is 4.13. The highest BCUT2D eigenvalue weighted by Gasteiger charge is 2.53. The van der Waals surface area contributed by atoms with Gasteiger partial charge in [-0.25, -0.2) is 0 Å². The van der Waals surface area contributed by atoms with Crippen LogP contribution in [0.15, 0.2) is 59.2 Å². The van der Waals surface area contributed by atoms with Crippen LogP contribution in [-0.2, 0) is 16.8 Å². The molecular weight excluding hydrogens is 525 g/mol. The predicted octanol–water partition coefficient (Wildman–Crippen LogP) is 5.66. The van der Waals surface area contributed by atoms with Crippen molar-refractivity contribution in [2.24, 2.45) is 0 Å². The van der Waals surface area contributed by atoms with Gasteiger partial charge in [-0.3, -0.25) is 9.36 Å². The van der Waals surface area contributed by atoms with E-state index in [1.165, 1.54) is 18.2 Å². The van der Waals surface area contributed by atoms with Crippen molar-refractivity contribution in [3.05, 3.63) is 69.6 Å². The molecule has 0 saturated carbocycles. The first-order chi connectivity index (χ1) is 15.0. The topological polar surface area (TPSA) is 91.6 Å². The minimum Gasteiger partial charge on any atom is -0.348 e. The molecule has 2 heterocycles. The van der Waals surface area contributed by atoms with Gasteiger partial charge in [0, 0.05) is 44.4 Å². The first kappa shape index (κ1) is 23.1. The zero-order valence-corrected chi connectivity index (χ0v) is 19.9. The summed E-state index contributed by atoms with van der Waals surface area (Å²) in [5, 5.41) is 4.29. The summed E-state index contributed by atoms with van der Waals surface area (Å²) in [6.45, 7) is 2.41. The number of hydrogen-bond donors (Lipinski definition) is 3. The minimum absolute atomic E-state index is 0.132. The second kappa shape index (κ2) is 8.35. The molecule has 0 spiro atoms. The molecule has 0 saturated heterocycles. The fraction of sp³-hybridized carbons (Fsp3) is 0.190. The SMILES string of the molecule is CC(Cn1ccc2ccccc21)NC(=O)c1ccc2sc(C(F)(F)P(=O)(O)O)c(Br)c2c1. The van der Waals surface area contributed by atoms with Crippen LogP contribution in [0.25, 0.3) is 21.0 Å². The van der Waals surface area contributed by atoms with Gasteiger partial charge in [0.2, 0.25) is 0 Å². The molecule has 0 aliphatic rings. The highest BCUT2D eigenvalue weighted by atomic mass is 79.9. The summed E-state index contributed by atoms with van der Waals surface area (Å²) in [5.41, 5.74) is -3.02. The van der Waals surface area contributed by atoms with Crippen molar-refractivity contribution in [3.8, 4) is 0 Å². The van der Waals surface area contributed by atoms with E-state index in [0.717, 1.165) is 10.9 Å². The molecule has 1 amide bonds. The van der Waals surface area contributed by atoms with Crippen molar-refractivity contribution >= 4 is 61.8 Å². The first-order valence-corrected chi connectivity index (χ1v) is 12.7. The summed E-state index contributed by atoms with van der Waals surface area (Å²) in [5.74, 6) is -0.378. The molecule has 0 fully saturated rings. The van der Waals surface area contributed by atoms with Gasteiger partial charge in [-0.2, -0.15) is 8.78 Å². The predicted molar refractivity (Wildman–Crippen MR) is 124 cm³/mol. The number of carbonyl (C=O) groups is 1. The largest absolute Gasteiger partial charge is 0.400 e. The van der Waals surface area contributed by atoms with Crippen molar-refractivity contribution in [1.82, 2.24) is 9.88 Å². The molecule has 2 aromatic carbocycles. The van der Waals surface area contributed by atoms with Crippen molar-refractivity contribution in [2.45, 2.75) is 25.2 Å². The number of thiophene rings is 1. The summed E-state index contributed by atoms with van der Waals surface area (Å²) in [6, 6.07) is 14.1. The highest BCUT2D eigenvalue weighted by Crippen LogP contribution is 2.62. The summed E-state index contributed by atoms with van der Waals surface area (Å²) in [7, 11) is -5.70. The molecule has 32 heavy (non-hydrogen) atoms. The molecule has 3 N–H and O–H groups in total. The number of hydrogen-bond acceptors (Lipinski definition) is 3. The van der Waals surface area contributed by atoms with Crippen molar-refractivity contribution in [2.75, 3.05) is 0 Å². The average Bonchev–Trinajstić information content (AvgIpc) is 3.28. The monoisotopic (exact) mass is 542 g/mol. The number of nitrogens with zero attached hydrogens (tertiary/aromatic N) is 1. The zero-order chi connectivity index (χ0) is 23.3. The summed E-state index contributed by atoms with van der Waals surface area (Å²) in [4.78, 5) is 30.1. The van der Waals surface area contributed by atoms with E-state index in [-0.39, 0.29) is 27.4 Å². The number of para-hydroxylation sites is 1. The molecule has 0 radical (unpaired) electrons. The Morgan fingerprint density at radius 1 is 1.25 bits per heavy atom. The van der Waals surface area contributed by atoms with Crippen LogP contribution in [0.1, 0.15) is 22.2 Å². The number of rotatable bonds is 6. The maximum Gasteiger partial charge on any atom is 0.400 e. The normalized spacial score (nSPS) is 13.6. The second-order valence-corrected chi connectivity index (χ2v) is 10.9. The first-order valence-electron chi connectivity index (χ1n) is 9.50. The minimum atomic E-state index is -5.70. The lowest BCUT2D eigenvalue weighted by Gasteiger charge is -2.16. The van der Waals surface area contributed by atoms with Crippen LogP contribution >= 0.6 is 34.9 Å². The van der Waals surface area contributed by atoms with Crippen LogP contribution in [0.2, 0.25) is 0 Å². The smallest absolute Gasteiger partial charge is 0.348 e. The number of alkyl halides is 2. The molecule has 11 heteroatoms. The quantitative estimate of drug-likeness (QED) is 0.274. The van der Waals surface area contributed by atoms with E-state index in [1.54, 1.807) is 0 Å². The number of amides is 1. The lowest BCUT2D eigenvalue weighted by atomic mass is 10.1. The Morgan fingerprint density at radius 3 is 2.69 bits per heavy atom. The van der Waals surface area contributed by atoms with Crippen LogP contribution in [-0.4, -0.2) is 26.3 Å². The summed E-state index contributed by atoms with van der Waals surface area (Å²) in [6.07, 6.45) is 1.95. The number of carbonyl (C=O) groups excluding carboxylic acids is 1. The van der Waals surface area contributed by atoms with Gasteiger partial charge >= 0.3 is 13.3 Å². The van der Waals surface area contributed by atoms with Crippen molar-refractivity contribution in [1.29, 1.82) is 0 Å². The number of aromatic nitrogens is 1. The second-order valence-electron chi connectivity index (χ2n) is 7.44. The molecule has 2 aromatic heterocycles. The lowest BCUT2D eigenvalue weighted by molar-refractivity contribution is 0.0595. The van der Waals surface area contributed by atoms with E-state index < -0.39 is 18.1 Å². The summed E-state index contributed by atoms with van der Waals surface area (Å²) < 4.78 is 42.0. The average molecular weight is 543 g/mol. The molecule has 4 rings (SSSR count). The third-order valence-corrected chi connectivity index (χ3v) is 8.49. The molecule has 168 valence electrons. The number of halogens is 3. The van der Waals surface area contributed by atoms with Crippen molar-refractivity contribution in [3.63, 3.8) is 0 Å². The van der Waals surface area contributed by atoms with Crippen LogP contribution < -0.4 is 5.32 Å². The number of nitrogens with one attached hydrogen (secondary N) is 1.